The number of halogens is 1. The Morgan fingerprint density at radius 1 is 1.19 bits per heavy atom. The summed E-state index contributed by atoms with van der Waals surface area (Å²) < 4.78 is 5.26. The summed E-state index contributed by atoms with van der Waals surface area (Å²) in [5, 5.41) is 3.11. The molecule has 0 radical (unpaired) electrons. The lowest BCUT2D eigenvalue weighted by Crippen LogP contribution is -2.33. The molecule has 2 aliphatic carbocycles. The van der Waals surface area contributed by atoms with Crippen LogP contribution in [0.1, 0.15) is 31.2 Å². The summed E-state index contributed by atoms with van der Waals surface area (Å²) in [4.78, 5) is 27.0. The van der Waals surface area contributed by atoms with Gasteiger partial charge in [-0.2, -0.15) is 0 Å². The van der Waals surface area contributed by atoms with E-state index in [9.17, 15) is 9.59 Å². The normalized spacial score (nSPS) is 19.4. The minimum Gasteiger partial charge on any atom is -0.410 e. The summed E-state index contributed by atoms with van der Waals surface area (Å²) in [7, 11) is 0. The van der Waals surface area contributed by atoms with Gasteiger partial charge in [-0.15, -0.1) is 0 Å². The van der Waals surface area contributed by atoms with Crippen LogP contribution >= 0.6 is 11.6 Å². The number of nitrogens with zero attached hydrogens (tertiary/aromatic N) is 1. The van der Waals surface area contributed by atoms with Crippen molar-refractivity contribution in [3.05, 3.63) is 53.1 Å². The molecule has 2 aromatic rings. The van der Waals surface area contributed by atoms with E-state index in [0.29, 0.717) is 22.5 Å². The van der Waals surface area contributed by atoms with Crippen molar-refractivity contribution in [2.45, 2.75) is 37.1 Å². The van der Waals surface area contributed by atoms with E-state index in [-0.39, 0.29) is 5.91 Å². The van der Waals surface area contributed by atoms with E-state index in [1.807, 2.05) is 17.0 Å². The minimum absolute atomic E-state index is 0.190. The van der Waals surface area contributed by atoms with Crippen LogP contribution in [0.2, 0.25) is 5.02 Å². The van der Waals surface area contributed by atoms with E-state index in [2.05, 4.69) is 5.32 Å². The monoisotopic (exact) mass is 368 g/mol. The topological polar surface area (TPSA) is 58.6 Å². The maximum atomic E-state index is 12.9. The van der Waals surface area contributed by atoms with Gasteiger partial charge in [0.1, 0.15) is 5.75 Å². The number of carbonyl (C=O) groups is 2. The molecule has 132 valence electrons. The summed E-state index contributed by atoms with van der Waals surface area (Å²) in [5.41, 5.74) is 1.96. The summed E-state index contributed by atoms with van der Waals surface area (Å²) in [5.74, 6) is 0.645. The van der Waals surface area contributed by atoms with Crippen LogP contribution in [0.15, 0.2) is 42.5 Å². The molecule has 0 unspecified atom stereocenters. The SMILES string of the molecule is O=C(Nc1cc2c(cc1Cl)N(C1CC1)C(=O)C21CC1)Oc1ccccc1. The molecule has 0 aromatic heterocycles. The molecular weight excluding hydrogens is 352 g/mol. The van der Waals surface area contributed by atoms with Gasteiger partial charge in [0.15, 0.2) is 0 Å². The van der Waals surface area contributed by atoms with Crippen molar-refractivity contribution in [1.82, 2.24) is 0 Å². The standard InChI is InChI=1S/C20H17ClN2O3/c21-15-11-17-14(20(8-9-20)18(24)23(17)12-6-7-12)10-16(15)22-19(25)26-13-4-2-1-3-5-13/h1-5,10-12H,6-9H2,(H,22,25). The van der Waals surface area contributed by atoms with Crippen LogP contribution in [-0.4, -0.2) is 18.0 Å². The molecule has 2 aromatic carbocycles. The lowest BCUT2D eigenvalue weighted by atomic mass is 9.97. The Balaban J connectivity index is 1.44. The van der Waals surface area contributed by atoms with Crippen molar-refractivity contribution in [1.29, 1.82) is 0 Å². The fourth-order valence-corrected chi connectivity index (χ4v) is 3.94. The van der Waals surface area contributed by atoms with Crippen molar-refractivity contribution in [2.24, 2.45) is 0 Å². The first-order valence-electron chi connectivity index (χ1n) is 8.80. The third-order valence-electron chi connectivity index (χ3n) is 5.34. The second-order valence-electron chi connectivity index (χ2n) is 7.17. The van der Waals surface area contributed by atoms with Crippen LogP contribution in [0, 0.1) is 0 Å². The van der Waals surface area contributed by atoms with E-state index >= 15 is 0 Å². The maximum Gasteiger partial charge on any atom is 0.417 e. The number of fused-ring (bicyclic) bond motifs is 2. The molecule has 0 atom stereocenters. The molecule has 2 saturated carbocycles. The molecule has 2 fully saturated rings. The molecule has 3 aliphatic rings. The van der Waals surface area contributed by atoms with Gasteiger partial charge in [-0.05, 0) is 55.5 Å². The number of hydrogen-bond donors (Lipinski definition) is 1. The average molecular weight is 369 g/mol. The van der Waals surface area contributed by atoms with Crippen LogP contribution in [0.25, 0.3) is 0 Å². The molecule has 0 bridgehead atoms. The molecule has 1 heterocycles. The first-order valence-corrected chi connectivity index (χ1v) is 9.18. The molecule has 6 heteroatoms. The Kier molecular flexibility index (Phi) is 3.31. The smallest absolute Gasteiger partial charge is 0.410 e. The van der Waals surface area contributed by atoms with E-state index < -0.39 is 11.5 Å². The van der Waals surface area contributed by atoms with E-state index in [1.165, 1.54) is 0 Å². The van der Waals surface area contributed by atoms with Crippen molar-refractivity contribution in [3.63, 3.8) is 0 Å². The maximum absolute atomic E-state index is 12.9. The molecule has 1 N–H and O–H groups in total. The van der Waals surface area contributed by atoms with Gasteiger partial charge < -0.3 is 9.64 Å². The van der Waals surface area contributed by atoms with Gasteiger partial charge in [0, 0.05) is 11.7 Å². The van der Waals surface area contributed by atoms with Gasteiger partial charge in [-0.1, -0.05) is 29.8 Å². The Labute approximate surface area is 155 Å². The molecule has 5 rings (SSSR count). The highest BCUT2D eigenvalue weighted by molar-refractivity contribution is 6.34. The summed E-state index contributed by atoms with van der Waals surface area (Å²) in [6.45, 7) is 0. The average Bonchev–Trinajstić information content (AvgIpc) is 3.52. The Hall–Kier alpha value is -2.53. The number of ether oxygens (including phenoxy) is 1. The van der Waals surface area contributed by atoms with Crippen LogP contribution in [-0.2, 0) is 10.2 Å². The van der Waals surface area contributed by atoms with Gasteiger partial charge in [0.2, 0.25) is 5.91 Å². The largest absolute Gasteiger partial charge is 0.417 e. The van der Waals surface area contributed by atoms with Crippen LogP contribution in [0.3, 0.4) is 0 Å². The number of carbonyl (C=O) groups excluding carboxylic acids is 2. The fraction of sp³-hybridized carbons (Fsp3) is 0.300. The van der Waals surface area contributed by atoms with E-state index in [0.717, 1.165) is 36.9 Å². The highest BCUT2D eigenvalue weighted by Gasteiger charge is 2.61. The second-order valence-corrected chi connectivity index (χ2v) is 7.57. The van der Waals surface area contributed by atoms with Gasteiger partial charge in [-0.25, -0.2) is 4.79 Å². The van der Waals surface area contributed by atoms with Gasteiger partial charge in [-0.3, -0.25) is 10.1 Å². The highest BCUT2D eigenvalue weighted by Crippen LogP contribution is 2.60. The third kappa shape index (κ3) is 2.38. The summed E-state index contributed by atoms with van der Waals surface area (Å²) >= 11 is 6.40. The quantitative estimate of drug-likeness (QED) is 0.868. The van der Waals surface area contributed by atoms with Crippen molar-refractivity contribution < 1.29 is 14.3 Å². The number of rotatable bonds is 3. The van der Waals surface area contributed by atoms with Crippen LogP contribution in [0.5, 0.6) is 5.75 Å². The number of amides is 2. The number of hydrogen-bond acceptors (Lipinski definition) is 3. The van der Waals surface area contributed by atoms with E-state index in [4.69, 9.17) is 16.3 Å². The first kappa shape index (κ1) is 15.7. The zero-order valence-corrected chi connectivity index (χ0v) is 14.8. The predicted octanol–water partition coefficient (Wildman–Crippen LogP) is 4.49. The van der Waals surface area contributed by atoms with Crippen LogP contribution in [0.4, 0.5) is 16.2 Å². The van der Waals surface area contributed by atoms with Crippen molar-refractivity contribution in [2.75, 3.05) is 10.2 Å². The zero-order valence-electron chi connectivity index (χ0n) is 14.0. The molecule has 1 spiro atoms. The molecule has 5 nitrogen and oxygen atoms in total. The van der Waals surface area contributed by atoms with Crippen molar-refractivity contribution in [3.8, 4) is 5.75 Å². The summed E-state index contributed by atoms with van der Waals surface area (Å²) in [6.07, 6.45) is 3.20. The number of anilines is 2. The first-order chi connectivity index (χ1) is 12.6. The molecule has 26 heavy (non-hydrogen) atoms. The summed E-state index contributed by atoms with van der Waals surface area (Å²) in [6, 6.07) is 12.8. The molecule has 0 saturated heterocycles. The lowest BCUT2D eigenvalue weighted by molar-refractivity contribution is -0.120. The predicted molar refractivity (Wildman–Crippen MR) is 99.0 cm³/mol. The molecule has 1 aliphatic heterocycles. The van der Waals surface area contributed by atoms with Gasteiger partial charge >= 0.3 is 6.09 Å². The Bertz CT molecular complexity index is 920. The minimum atomic E-state index is -0.605. The zero-order chi connectivity index (χ0) is 17.9. The molecule has 2 amide bonds. The lowest BCUT2D eigenvalue weighted by Gasteiger charge is -2.17. The van der Waals surface area contributed by atoms with Crippen molar-refractivity contribution >= 4 is 35.0 Å². The fourth-order valence-electron chi connectivity index (χ4n) is 3.73. The Morgan fingerprint density at radius 3 is 2.58 bits per heavy atom. The number of para-hydroxylation sites is 1. The van der Waals surface area contributed by atoms with E-state index in [1.54, 1.807) is 30.3 Å². The highest BCUT2D eigenvalue weighted by atomic mass is 35.5. The third-order valence-corrected chi connectivity index (χ3v) is 5.65. The van der Waals surface area contributed by atoms with Crippen LogP contribution < -0.4 is 15.0 Å². The molecular formula is C20H17ClN2O3. The number of benzene rings is 2. The van der Waals surface area contributed by atoms with Gasteiger partial charge in [0.05, 0.1) is 16.1 Å². The number of nitrogens with one attached hydrogen (secondary N) is 1. The second kappa shape index (κ2) is 5.48. The Morgan fingerprint density at radius 2 is 1.92 bits per heavy atom. The van der Waals surface area contributed by atoms with Gasteiger partial charge in [0.25, 0.3) is 0 Å².